The van der Waals surface area contributed by atoms with Gasteiger partial charge in [-0.15, -0.1) is 11.3 Å². The van der Waals surface area contributed by atoms with Gasteiger partial charge < -0.3 is 4.74 Å². The number of pyridine rings is 1. The highest BCUT2D eigenvalue weighted by atomic mass is 32.2. The van der Waals surface area contributed by atoms with Crippen molar-refractivity contribution in [2.45, 2.75) is 4.90 Å². The van der Waals surface area contributed by atoms with E-state index in [1.165, 1.54) is 59.7 Å². The molecule has 1 N–H and O–H groups in total. The smallest absolute Gasteiger partial charge is 0.263 e. The molecule has 0 fully saturated rings. The molecule has 9 nitrogen and oxygen atoms in total. The first-order valence-corrected chi connectivity index (χ1v) is 13.0. The first-order valence-electron chi connectivity index (χ1n) is 10.6. The number of nitriles is 1. The Kier molecular flexibility index (Phi) is 6.55. The van der Waals surface area contributed by atoms with Crippen LogP contribution in [0.1, 0.15) is 5.56 Å². The second-order valence-corrected chi connectivity index (χ2v) is 9.96. The van der Waals surface area contributed by atoms with Gasteiger partial charge in [0, 0.05) is 34.5 Å². The molecule has 0 unspecified atom stereocenters. The number of benzene rings is 2. The standard InChI is InChI=1S/C25H15FN6O3S2/c26-19-3-1-2-16(6-19)22-8-21(18-10-28-14-29-11-18)24(12-30-22)35-23-5-4-20(7-17(23)9-27)37(33,34)32-25-13-36-15-31-25/h1-8,10-15,32H. The molecule has 0 radical (unpaired) electrons. The summed E-state index contributed by atoms with van der Waals surface area (Å²) in [5, 5.41) is 11.3. The van der Waals surface area contributed by atoms with Crippen LogP contribution in [0.15, 0.2) is 89.2 Å². The van der Waals surface area contributed by atoms with Gasteiger partial charge in [0.05, 0.1) is 27.9 Å². The van der Waals surface area contributed by atoms with Gasteiger partial charge in [-0.25, -0.2) is 27.8 Å². The number of rotatable bonds is 7. The fraction of sp³-hybridized carbons (Fsp3) is 0. The quantitative estimate of drug-likeness (QED) is 0.301. The SMILES string of the molecule is N#Cc1cc(S(=O)(=O)Nc2cscn2)ccc1Oc1cnc(-c2cccc(F)c2)cc1-c1cncnc1. The molecule has 0 aliphatic carbocycles. The van der Waals surface area contributed by atoms with Crippen molar-refractivity contribution in [3.63, 3.8) is 0 Å². The number of ether oxygens (including phenoxy) is 1. The summed E-state index contributed by atoms with van der Waals surface area (Å²) in [5.41, 5.74) is 3.68. The van der Waals surface area contributed by atoms with Gasteiger partial charge in [0.2, 0.25) is 0 Å². The lowest BCUT2D eigenvalue weighted by molar-refractivity contribution is 0.480. The lowest BCUT2D eigenvalue weighted by Gasteiger charge is -2.14. The molecule has 3 heterocycles. The Morgan fingerprint density at radius 2 is 1.81 bits per heavy atom. The number of anilines is 1. The van der Waals surface area contributed by atoms with E-state index in [-0.39, 0.29) is 27.8 Å². The maximum Gasteiger partial charge on any atom is 0.263 e. The Labute approximate surface area is 215 Å². The zero-order valence-electron chi connectivity index (χ0n) is 18.7. The van der Waals surface area contributed by atoms with Crippen LogP contribution in [0.3, 0.4) is 0 Å². The number of hydrogen-bond donors (Lipinski definition) is 1. The molecule has 0 atom stereocenters. The monoisotopic (exact) mass is 530 g/mol. The van der Waals surface area contributed by atoms with E-state index in [1.54, 1.807) is 36.0 Å². The van der Waals surface area contributed by atoms with Crippen molar-refractivity contribution in [1.82, 2.24) is 19.9 Å². The molecule has 0 saturated carbocycles. The maximum absolute atomic E-state index is 13.8. The first-order chi connectivity index (χ1) is 17.9. The second-order valence-electron chi connectivity index (χ2n) is 7.55. The Hall–Kier alpha value is -4.73. The third kappa shape index (κ3) is 5.27. The number of hydrogen-bond acceptors (Lipinski definition) is 9. The highest BCUT2D eigenvalue weighted by Crippen LogP contribution is 2.36. The van der Waals surface area contributed by atoms with Gasteiger partial charge in [0.15, 0.2) is 11.6 Å². The van der Waals surface area contributed by atoms with Gasteiger partial charge >= 0.3 is 0 Å². The van der Waals surface area contributed by atoms with Crippen molar-refractivity contribution in [2.24, 2.45) is 0 Å². The van der Waals surface area contributed by atoms with Gasteiger partial charge in [-0.1, -0.05) is 12.1 Å². The molecule has 0 bridgehead atoms. The molecule has 0 saturated heterocycles. The lowest BCUT2D eigenvalue weighted by Crippen LogP contribution is -2.13. The number of nitrogens with zero attached hydrogens (tertiary/aromatic N) is 5. The van der Waals surface area contributed by atoms with Crippen LogP contribution in [0.2, 0.25) is 0 Å². The topological polar surface area (TPSA) is 131 Å². The molecule has 0 spiro atoms. The molecule has 2 aromatic carbocycles. The number of sulfonamides is 1. The first kappa shape index (κ1) is 24.0. The predicted octanol–water partition coefficient (Wildman–Crippen LogP) is 5.27. The summed E-state index contributed by atoms with van der Waals surface area (Å²) in [6.07, 6.45) is 5.98. The van der Waals surface area contributed by atoms with E-state index in [0.717, 1.165) is 0 Å². The molecule has 5 rings (SSSR count). The Balaban J connectivity index is 1.53. The molecule has 0 aliphatic heterocycles. The molecule has 5 aromatic rings. The van der Waals surface area contributed by atoms with Crippen molar-refractivity contribution in [3.8, 4) is 40.0 Å². The number of thiazole rings is 1. The van der Waals surface area contributed by atoms with Gasteiger partial charge in [-0.3, -0.25) is 9.71 Å². The third-order valence-corrected chi connectivity index (χ3v) is 7.07. The summed E-state index contributed by atoms with van der Waals surface area (Å²) >= 11 is 1.24. The van der Waals surface area contributed by atoms with E-state index < -0.39 is 15.8 Å². The van der Waals surface area contributed by atoms with Crippen LogP contribution in [0.5, 0.6) is 11.5 Å². The van der Waals surface area contributed by atoms with Gasteiger partial charge in [0.25, 0.3) is 10.0 Å². The molecular formula is C25H15FN6O3S2. The fourth-order valence-electron chi connectivity index (χ4n) is 3.42. The van der Waals surface area contributed by atoms with Crippen LogP contribution in [0, 0.1) is 17.1 Å². The van der Waals surface area contributed by atoms with E-state index >= 15 is 0 Å². The lowest BCUT2D eigenvalue weighted by atomic mass is 10.0. The Morgan fingerprint density at radius 1 is 0.973 bits per heavy atom. The van der Waals surface area contributed by atoms with E-state index in [0.29, 0.717) is 22.4 Å². The van der Waals surface area contributed by atoms with Crippen LogP contribution < -0.4 is 9.46 Å². The third-order valence-electron chi connectivity index (χ3n) is 5.13. The van der Waals surface area contributed by atoms with E-state index in [1.807, 2.05) is 6.07 Å². The van der Waals surface area contributed by atoms with E-state index in [2.05, 4.69) is 24.7 Å². The fourth-order valence-corrected chi connectivity index (χ4v) is 5.01. The minimum Gasteiger partial charge on any atom is -0.454 e. The minimum atomic E-state index is -3.97. The van der Waals surface area contributed by atoms with Crippen molar-refractivity contribution in [3.05, 3.63) is 95.7 Å². The number of aromatic nitrogens is 4. The zero-order chi connectivity index (χ0) is 25.8. The predicted molar refractivity (Wildman–Crippen MR) is 135 cm³/mol. The summed E-state index contributed by atoms with van der Waals surface area (Å²) in [7, 11) is -3.97. The second kappa shape index (κ2) is 10.1. The molecule has 0 amide bonds. The summed E-state index contributed by atoms with van der Waals surface area (Å²) in [6, 6.07) is 13.6. The van der Waals surface area contributed by atoms with Crippen LogP contribution in [-0.4, -0.2) is 28.4 Å². The van der Waals surface area contributed by atoms with Crippen LogP contribution in [-0.2, 0) is 10.0 Å². The highest BCUT2D eigenvalue weighted by molar-refractivity contribution is 7.92. The average Bonchev–Trinajstić information content (AvgIpc) is 3.42. The normalized spacial score (nSPS) is 11.0. The molecular weight excluding hydrogens is 515 g/mol. The van der Waals surface area contributed by atoms with Crippen molar-refractivity contribution >= 4 is 27.2 Å². The van der Waals surface area contributed by atoms with Crippen molar-refractivity contribution in [2.75, 3.05) is 4.72 Å². The van der Waals surface area contributed by atoms with E-state index in [9.17, 15) is 18.1 Å². The molecule has 12 heteroatoms. The van der Waals surface area contributed by atoms with Crippen LogP contribution in [0.25, 0.3) is 22.4 Å². The maximum atomic E-state index is 13.8. The summed E-state index contributed by atoms with van der Waals surface area (Å²) in [4.78, 5) is 16.3. The summed E-state index contributed by atoms with van der Waals surface area (Å²) in [5.74, 6) is 0.168. The molecule has 0 aliphatic rings. The van der Waals surface area contributed by atoms with E-state index in [4.69, 9.17) is 4.74 Å². The minimum absolute atomic E-state index is 0.00868. The number of nitrogens with one attached hydrogen (secondary N) is 1. The van der Waals surface area contributed by atoms with Gasteiger partial charge in [0.1, 0.15) is 24.0 Å². The molecule has 3 aromatic heterocycles. The van der Waals surface area contributed by atoms with Crippen LogP contribution >= 0.6 is 11.3 Å². The van der Waals surface area contributed by atoms with Crippen molar-refractivity contribution < 1.29 is 17.5 Å². The van der Waals surface area contributed by atoms with Crippen LogP contribution in [0.4, 0.5) is 10.2 Å². The van der Waals surface area contributed by atoms with Gasteiger partial charge in [-0.05, 0) is 36.4 Å². The largest absolute Gasteiger partial charge is 0.454 e. The zero-order valence-corrected chi connectivity index (χ0v) is 20.4. The Morgan fingerprint density at radius 3 is 2.54 bits per heavy atom. The average molecular weight is 531 g/mol. The summed E-state index contributed by atoms with van der Waals surface area (Å²) < 4.78 is 47.6. The molecule has 182 valence electrons. The Bertz CT molecular complexity index is 1720. The molecule has 37 heavy (non-hydrogen) atoms. The van der Waals surface area contributed by atoms with Crippen molar-refractivity contribution in [1.29, 1.82) is 5.26 Å². The summed E-state index contributed by atoms with van der Waals surface area (Å²) in [6.45, 7) is 0. The van der Waals surface area contributed by atoms with Gasteiger partial charge in [-0.2, -0.15) is 5.26 Å². The number of halogens is 1. The highest BCUT2D eigenvalue weighted by Gasteiger charge is 2.19.